The minimum Gasteiger partial charge on any atom is -0.331 e. The first-order chi connectivity index (χ1) is 12.6. The van der Waals surface area contributed by atoms with Crippen molar-refractivity contribution in [3.63, 3.8) is 0 Å². The fourth-order valence-electron chi connectivity index (χ4n) is 3.67. The summed E-state index contributed by atoms with van der Waals surface area (Å²) in [5, 5.41) is 5.47. The van der Waals surface area contributed by atoms with Crippen molar-refractivity contribution in [2.45, 2.75) is 13.1 Å². The average molecular weight is 349 g/mol. The molecule has 0 radical (unpaired) electrons. The second-order valence-electron chi connectivity index (χ2n) is 7.21. The largest absolute Gasteiger partial charge is 0.331 e. The van der Waals surface area contributed by atoms with E-state index in [-0.39, 0.29) is 5.91 Å². The average Bonchev–Trinajstić information content (AvgIpc) is 2.99. The quantitative estimate of drug-likeness (QED) is 0.728. The number of aromatic nitrogens is 3. The molecule has 26 heavy (non-hydrogen) atoms. The first kappa shape index (κ1) is 16.7. The van der Waals surface area contributed by atoms with Crippen LogP contribution in [0.15, 0.2) is 48.7 Å². The minimum atomic E-state index is -0.0193. The van der Waals surface area contributed by atoms with Crippen LogP contribution in [0.1, 0.15) is 16.2 Å². The zero-order valence-corrected chi connectivity index (χ0v) is 15.2. The Morgan fingerprint density at radius 2 is 2.00 bits per heavy atom. The van der Waals surface area contributed by atoms with Crippen LogP contribution in [0.25, 0.3) is 10.9 Å². The molecule has 3 aromatic rings. The molecule has 0 unspecified atom stereocenters. The third-order valence-corrected chi connectivity index (χ3v) is 4.80. The van der Waals surface area contributed by atoms with Gasteiger partial charge in [0, 0.05) is 37.1 Å². The van der Waals surface area contributed by atoms with Gasteiger partial charge in [0.2, 0.25) is 0 Å². The third-order valence-electron chi connectivity index (χ3n) is 4.80. The Bertz CT molecular complexity index is 933. The van der Waals surface area contributed by atoms with Crippen LogP contribution >= 0.6 is 0 Å². The monoisotopic (exact) mass is 349 g/mol. The molecule has 6 heteroatoms. The fraction of sp³-hybridized carbons (Fsp3) is 0.350. The lowest BCUT2D eigenvalue weighted by Gasteiger charge is -2.25. The summed E-state index contributed by atoms with van der Waals surface area (Å²) in [6, 6.07) is 13.7. The number of carbonyl (C=O) groups excluding carboxylic acids is 1. The molecule has 134 valence electrons. The van der Waals surface area contributed by atoms with Gasteiger partial charge >= 0.3 is 0 Å². The number of amides is 1. The molecular formula is C20H23N5O. The van der Waals surface area contributed by atoms with Gasteiger partial charge in [-0.3, -0.25) is 9.48 Å². The number of hydrogen-bond donors (Lipinski definition) is 0. The van der Waals surface area contributed by atoms with Crippen LogP contribution in [0.4, 0.5) is 0 Å². The highest BCUT2D eigenvalue weighted by Gasteiger charge is 2.27. The Morgan fingerprint density at radius 1 is 1.15 bits per heavy atom. The summed E-state index contributed by atoms with van der Waals surface area (Å²) in [6.45, 7) is 3.01. The molecule has 4 rings (SSSR count). The van der Waals surface area contributed by atoms with Crippen LogP contribution in [0.2, 0.25) is 0 Å². The zero-order chi connectivity index (χ0) is 18.1. The van der Waals surface area contributed by atoms with Gasteiger partial charge < -0.3 is 9.80 Å². The predicted octanol–water partition coefficient (Wildman–Crippen LogP) is 2.27. The zero-order valence-electron chi connectivity index (χ0n) is 15.2. The van der Waals surface area contributed by atoms with Crippen molar-refractivity contribution in [1.29, 1.82) is 0 Å². The van der Waals surface area contributed by atoms with Crippen molar-refractivity contribution < 1.29 is 4.79 Å². The molecule has 1 atom stereocenters. The molecule has 6 nitrogen and oxygen atoms in total. The van der Waals surface area contributed by atoms with Crippen molar-refractivity contribution in [2.24, 2.45) is 5.92 Å². The standard InChI is InChI=1S/C20H23N5O/c1-23(2)11-15-12-24(14-17-9-10-21-25(17)13-15)20(26)19-8-7-16-5-3-4-6-18(16)22-19/h3-10,15H,11-14H2,1-2H3/t15-/m0/s1. The van der Waals surface area contributed by atoms with E-state index in [9.17, 15) is 4.79 Å². The lowest BCUT2D eigenvalue weighted by atomic mass is 10.1. The topological polar surface area (TPSA) is 54.3 Å². The van der Waals surface area contributed by atoms with Crippen molar-refractivity contribution in [1.82, 2.24) is 24.6 Å². The van der Waals surface area contributed by atoms with Gasteiger partial charge in [0.15, 0.2) is 0 Å². The SMILES string of the molecule is CN(C)C[C@H]1CN(C(=O)c2ccc3ccccc3n2)Cc2ccnn2C1. The molecule has 0 fully saturated rings. The van der Waals surface area contributed by atoms with Crippen LogP contribution in [0.5, 0.6) is 0 Å². The molecule has 0 saturated heterocycles. The van der Waals surface area contributed by atoms with Gasteiger partial charge in [-0.2, -0.15) is 5.10 Å². The summed E-state index contributed by atoms with van der Waals surface area (Å²) >= 11 is 0. The Labute approximate surface area is 153 Å². The highest BCUT2D eigenvalue weighted by Crippen LogP contribution is 2.19. The third kappa shape index (κ3) is 3.32. The Kier molecular flexibility index (Phi) is 4.42. The van der Waals surface area contributed by atoms with E-state index < -0.39 is 0 Å². The molecule has 0 aliphatic carbocycles. The van der Waals surface area contributed by atoms with Gasteiger partial charge in [0.1, 0.15) is 5.69 Å². The molecule has 0 bridgehead atoms. The van der Waals surface area contributed by atoms with Gasteiger partial charge in [0.25, 0.3) is 5.91 Å². The summed E-state index contributed by atoms with van der Waals surface area (Å²) in [6.07, 6.45) is 1.81. The smallest absolute Gasteiger partial charge is 0.272 e. The molecular weight excluding hydrogens is 326 g/mol. The number of rotatable bonds is 3. The fourth-order valence-corrected chi connectivity index (χ4v) is 3.67. The van der Waals surface area contributed by atoms with Crippen LogP contribution in [-0.4, -0.2) is 57.7 Å². The first-order valence-corrected chi connectivity index (χ1v) is 8.90. The normalized spacial score (nSPS) is 17.3. The van der Waals surface area contributed by atoms with Crippen LogP contribution in [-0.2, 0) is 13.1 Å². The van der Waals surface area contributed by atoms with Gasteiger partial charge in [-0.15, -0.1) is 0 Å². The van der Waals surface area contributed by atoms with Gasteiger partial charge in [0.05, 0.1) is 17.8 Å². The van der Waals surface area contributed by atoms with E-state index in [0.717, 1.165) is 29.7 Å². The summed E-state index contributed by atoms with van der Waals surface area (Å²) < 4.78 is 2.02. The number of benzene rings is 1. The summed E-state index contributed by atoms with van der Waals surface area (Å²) in [4.78, 5) is 21.8. The Morgan fingerprint density at radius 3 is 2.85 bits per heavy atom. The molecule has 0 saturated carbocycles. The van der Waals surface area contributed by atoms with Gasteiger partial charge in [-0.1, -0.05) is 24.3 Å². The van der Waals surface area contributed by atoms with Gasteiger partial charge in [-0.05, 0) is 32.3 Å². The van der Waals surface area contributed by atoms with E-state index in [4.69, 9.17) is 0 Å². The maximum atomic E-state index is 13.2. The van der Waals surface area contributed by atoms with E-state index in [2.05, 4.69) is 29.1 Å². The second-order valence-corrected chi connectivity index (χ2v) is 7.21. The van der Waals surface area contributed by atoms with Crippen LogP contribution in [0, 0.1) is 5.92 Å². The van der Waals surface area contributed by atoms with E-state index in [1.807, 2.05) is 58.2 Å². The highest BCUT2D eigenvalue weighted by atomic mass is 16.2. The maximum absolute atomic E-state index is 13.2. The van der Waals surface area contributed by atoms with E-state index >= 15 is 0 Å². The van der Waals surface area contributed by atoms with E-state index in [1.165, 1.54) is 0 Å². The molecule has 1 aliphatic heterocycles. The Balaban J connectivity index is 1.64. The first-order valence-electron chi connectivity index (χ1n) is 8.90. The minimum absolute atomic E-state index is 0.0193. The van der Waals surface area contributed by atoms with Crippen LogP contribution in [0.3, 0.4) is 0 Å². The number of para-hydroxylation sites is 1. The number of pyridine rings is 1. The molecule has 0 spiro atoms. The van der Waals surface area contributed by atoms with Gasteiger partial charge in [-0.25, -0.2) is 4.98 Å². The predicted molar refractivity (Wildman–Crippen MR) is 101 cm³/mol. The molecule has 3 heterocycles. The van der Waals surface area contributed by atoms with E-state index in [1.54, 1.807) is 0 Å². The lowest BCUT2D eigenvalue weighted by molar-refractivity contribution is 0.0706. The Hall–Kier alpha value is -2.73. The van der Waals surface area contributed by atoms with Crippen molar-refractivity contribution >= 4 is 16.8 Å². The van der Waals surface area contributed by atoms with Crippen molar-refractivity contribution in [3.05, 3.63) is 60.0 Å². The molecule has 1 aromatic carbocycles. The molecule has 1 aliphatic rings. The molecule has 2 aromatic heterocycles. The highest BCUT2D eigenvalue weighted by molar-refractivity contribution is 5.94. The van der Waals surface area contributed by atoms with Crippen molar-refractivity contribution in [3.8, 4) is 0 Å². The lowest BCUT2D eigenvalue weighted by Crippen LogP contribution is -2.37. The molecule has 0 N–H and O–H groups in total. The van der Waals surface area contributed by atoms with Crippen LogP contribution < -0.4 is 0 Å². The summed E-state index contributed by atoms with van der Waals surface area (Å²) in [7, 11) is 4.12. The summed E-state index contributed by atoms with van der Waals surface area (Å²) in [5.74, 6) is 0.310. The number of nitrogens with zero attached hydrogens (tertiary/aromatic N) is 5. The number of fused-ring (bicyclic) bond motifs is 2. The maximum Gasteiger partial charge on any atom is 0.272 e. The number of hydrogen-bond acceptors (Lipinski definition) is 4. The molecule has 1 amide bonds. The van der Waals surface area contributed by atoms with E-state index in [0.29, 0.717) is 24.7 Å². The summed E-state index contributed by atoms with van der Waals surface area (Å²) in [5.41, 5.74) is 2.42. The second kappa shape index (κ2) is 6.88. The van der Waals surface area contributed by atoms with Crippen molar-refractivity contribution in [2.75, 3.05) is 27.2 Å². The number of carbonyl (C=O) groups is 1.